The number of aldehydes is 1. The van der Waals surface area contributed by atoms with Gasteiger partial charge >= 0.3 is 5.69 Å². The van der Waals surface area contributed by atoms with Gasteiger partial charge < -0.3 is 4.79 Å². The molecule has 0 spiro atoms. The molecule has 1 aliphatic rings. The van der Waals surface area contributed by atoms with Crippen LogP contribution in [0.25, 0.3) is 0 Å². The van der Waals surface area contributed by atoms with Crippen LogP contribution in [-0.2, 0) is 14.8 Å². The molecule has 1 heterocycles. The summed E-state index contributed by atoms with van der Waals surface area (Å²) < 4.78 is 39.6. The van der Waals surface area contributed by atoms with Crippen molar-refractivity contribution < 1.29 is 22.5 Å². The Hall–Kier alpha value is -1.87. The second-order valence-electron chi connectivity index (χ2n) is 4.66. The van der Waals surface area contributed by atoms with Crippen LogP contribution >= 0.6 is 0 Å². The summed E-state index contributed by atoms with van der Waals surface area (Å²) in [6.07, 6.45) is 2.10. The zero-order valence-corrected chi connectivity index (χ0v) is 11.8. The van der Waals surface area contributed by atoms with Crippen molar-refractivity contribution in [3.05, 3.63) is 34.1 Å². The van der Waals surface area contributed by atoms with Gasteiger partial charge in [0.25, 0.3) is 10.0 Å². The van der Waals surface area contributed by atoms with E-state index in [-0.39, 0.29) is 6.54 Å². The van der Waals surface area contributed by atoms with Crippen LogP contribution in [0.15, 0.2) is 23.1 Å². The normalized spacial score (nSPS) is 20.1. The Morgan fingerprint density at radius 3 is 2.71 bits per heavy atom. The standard InChI is InChI=1S/C12H13FN2O5S/c13-10-5-3-6-11(12(10)15(17)18)21(19,20)14-7-2-1-4-9(14)8-16/h3,5-6,8-9H,1-2,4,7H2. The first-order valence-corrected chi connectivity index (χ1v) is 7.73. The Kier molecular flexibility index (Phi) is 4.33. The number of carbonyl (C=O) groups is 1. The summed E-state index contributed by atoms with van der Waals surface area (Å²) in [5, 5.41) is 10.9. The molecule has 1 aliphatic heterocycles. The van der Waals surface area contributed by atoms with Crippen LogP contribution < -0.4 is 0 Å². The Morgan fingerprint density at radius 2 is 2.10 bits per heavy atom. The van der Waals surface area contributed by atoms with Crippen LogP contribution in [0.1, 0.15) is 19.3 Å². The smallest absolute Gasteiger partial charge is 0.302 e. The average Bonchev–Trinajstić information content (AvgIpc) is 2.46. The molecule has 0 saturated carbocycles. The van der Waals surface area contributed by atoms with Gasteiger partial charge in [0.2, 0.25) is 5.82 Å². The minimum absolute atomic E-state index is 0.0827. The lowest BCUT2D eigenvalue weighted by Gasteiger charge is -2.31. The molecular weight excluding hydrogens is 303 g/mol. The van der Waals surface area contributed by atoms with Gasteiger partial charge in [-0.15, -0.1) is 0 Å². The van der Waals surface area contributed by atoms with E-state index in [9.17, 15) is 27.7 Å². The lowest BCUT2D eigenvalue weighted by atomic mass is 10.1. The second-order valence-corrected chi connectivity index (χ2v) is 6.52. The van der Waals surface area contributed by atoms with Crippen molar-refractivity contribution in [2.75, 3.05) is 6.54 Å². The number of para-hydroxylation sites is 1. The highest BCUT2D eigenvalue weighted by molar-refractivity contribution is 7.89. The number of sulfonamides is 1. The lowest BCUT2D eigenvalue weighted by molar-refractivity contribution is -0.390. The molecule has 1 fully saturated rings. The Morgan fingerprint density at radius 1 is 1.38 bits per heavy atom. The summed E-state index contributed by atoms with van der Waals surface area (Å²) in [6, 6.07) is 2.03. The molecule has 1 aromatic rings. The van der Waals surface area contributed by atoms with Crippen molar-refractivity contribution in [2.45, 2.75) is 30.2 Å². The lowest BCUT2D eigenvalue weighted by Crippen LogP contribution is -2.44. The molecule has 0 amide bonds. The van der Waals surface area contributed by atoms with Crippen LogP contribution in [0.3, 0.4) is 0 Å². The first-order valence-electron chi connectivity index (χ1n) is 6.29. The molecule has 7 nitrogen and oxygen atoms in total. The third-order valence-electron chi connectivity index (χ3n) is 3.37. The molecule has 1 atom stereocenters. The van der Waals surface area contributed by atoms with E-state index in [4.69, 9.17) is 0 Å². The molecule has 0 aliphatic carbocycles. The van der Waals surface area contributed by atoms with Gasteiger partial charge in [-0.05, 0) is 25.0 Å². The van der Waals surface area contributed by atoms with Gasteiger partial charge in [0.15, 0.2) is 4.90 Å². The van der Waals surface area contributed by atoms with E-state index in [1.807, 2.05) is 0 Å². The molecule has 1 saturated heterocycles. The minimum Gasteiger partial charge on any atom is -0.302 e. The van der Waals surface area contributed by atoms with Crippen molar-refractivity contribution in [3.8, 4) is 0 Å². The minimum atomic E-state index is -4.30. The fourth-order valence-corrected chi connectivity index (χ4v) is 4.17. The summed E-state index contributed by atoms with van der Waals surface area (Å²) in [5.74, 6) is -1.22. The molecule has 114 valence electrons. The molecule has 0 N–H and O–H groups in total. The number of halogens is 1. The van der Waals surface area contributed by atoms with Crippen molar-refractivity contribution in [1.29, 1.82) is 0 Å². The van der Waals surface area contributed by atoms with Crippen LogP contribution in [0.2, 0.25) is 0 Å². The SMILES string of the molecule is O=CC1CCCCN1S(=O)(=O)c1cccc(F)c1[N+](=O)[O-]. The van der Waals surface area contributed by atoms with Crippen LogP contribution in [0.5, 0.6) is 0 Å². The van der Waals surface area contributed by atoms with E-state index in [1.165, 1.54) is 0 Å². The number of benzene rings is 1. The predicted octanol–water partition coefficient (Wildman–Crippen LogP) is 1.48. The summed E-state index contributed by atoms with van der Waals surface area (Å²) in [7, 11) is -4.30. The van der Waals surface area contributed by atoms with Gasteiger partial charge in [0, 0.05) is 6.54 Å². The first kappa shape index (κ1) is 15.5. The Labute approximate surface area is 120 Å². The molecule has 21 heavy (non-hydrogen) atoms. The molecule has 9 heteroatoms. The van der Waals surface area contributed by atoms with Gasteiger partial charge in [0.1, 0.15) is 6.29 Å². The highest BCUT2D eigenvalue weighted by Gasteiger charge is 2.38. The number of carbonyl (C=O) groups excluding carboxylic acids is 1. The number of hydrogen-bond acceptors (Lipinski definition) is 5. The van der Waals surface area contributed by atoms with E-state index < -0.39 is 37.4 Å². The summed E-state index contributed by atoms with van der Waals surface area (Å²) in [4.78, 5) is 20.2. The molecule has 0 aromatic heterocycles. The second kappa shape index (κ2) is 5.86. The number of hydrogen-bond donors (Lipinski definition) is 0. The van der Waals surface area contributed by atoms with Crippen LogP contribution in [0, 0.1) is 15.9 Å². The number of nitrogens with zero attached hydrogens (tertiary/aromatic N) is 2. The predicted molar refractivity (Wildman–Crippen MR) is 70.6 cm³/mol. The maximum Gasteiger partial charge on any atom is 0.324 e. The molecule has 1 unspecified atom stereocenters. The molecule has 2 rings (SSSR count). The molecule has 1 aromatic carbocycles. The van der Waals surface area contributed by atoms with Gasteiger partial charge in [-0.2, -0.15) is 8.70 Å². The summed E-state index contributed by atoms with van der Waals surface area (Å²) in [6.45, 7) is 0.0827. The van der Waals surface area contributed by atoms with E-state index in [1.54, 1.807) is 0 Å². The van der Waals surface area contributed by atoms with Crippen molar-refractivity contribution in [2.24, 2.45) is 0 Å². The Bertz CT molecular complexity index is 676. The highest BCUT2D eigenvalue weighted by atomic mass is 32.2. The molecule has 0 bridgehead atoms. The Balaban J connectivity index is 2.56. The van der Waals surface area contributed by atoms with E-state index in [0.29, 0.717) is 25.5 Å². The van der Waals surface area contributed by atoms with Crippen LogP contribution in [-0.4, -0.2) is 36.5 Å². The summed E-state index contributed by atoms with van der Waals surface area (Å²) in [5.41, 5.74) is -1.09. The maximum absolute atomic E-state index is 13.6. The van der Waals surface area contributed by atoms with Gasteiger partial charge in [-0.1, -0.05) is 12.5 Å². The average molecular weight is 316 g/mol. The van der Waals surface area contributed by atoms with Gasteiger partial charge in [-0.25, -0.2) is 8.42 Å². The zero-order chi connectivity index (χ0) is 15.6. The maximum atomic E-state index is 13.6. The van der Waals surface area contributed by atoms with Crippen LogP contribution in [0.4, 0.5) is 10.1 Å². The first-order chi connectivity index (χ1) is 9.89. The van der Waals surface area contributed by atoms with Crippen molar-refractivity contribution >= 4 is 22.0 Å². The van der Waals surface area contributed by atoms with Gasteiger partial charge in [0.05, 0.1) is 11.0 Å². The fourth-order valence-electron chi connectivity index (χ4n) is 2.37. The number of nitro groups is 1. The quantitative estimate of drug-likeness (QED) is 0.476. The molecule has 0 radical (unpaired) electrons. The van der Waals surface area contributed by atoms with Gasteiger partial charge in [-0.3, -0.25) is 10.1 Å². The topological polar surface area (TPSA) is 97.6 Å². The number of rotatable bonds is 4. The molecular formula is C12H13FN2O5S. The van der Waals surface area contributed by atoms with E-state index in [2.05, 4.69) is 0 Å². The third-order valence-corrected chi connectivity index (χ3v) is 5.33. The van der Waals surface area contributed by atoms with Crippen molar-refractivity contribution in [1.82, 2.24) is 4.31 Å². The number of piperidine rings is 1. The summed E-state index contributed by atoms with van der Waals surface area (Å²) >= 11 is 0. The highest BCUT2D eigenvalue weighted by Crippen LogP contribution is 2.32. The number of nitro benzene ring substituents is 1. The zero-order valence-electron chi connectivity index (χ0n) is 10.9. The van der Waals surface area contributed by atoms with Crippen molar-refractivity contribution in [3.63, 3.8) is 0 Å². The monoisotopic (exact) mass is 316 g/mol. The van der Waals surface area contributed by atoms with E-state index >= 15 is 0 Å². The largest absolute Gasteiger partial charge is 0.324 e. The third kappa shape index (κ3) is 2.79. The fraction of sp³-hybridized carbons (Fsp3) is 0.417. The van der Waals surface area contributed by atoms with E-state index in [0.717, 1.165) is 22.5 Å².